The van der Waals surface area contributed by atoms with E-state index in [0.29, 0.717) is 22.1 Å². The molecule has 28 heavy (non-hydrogen) atoms. The molecule has 146 valence electrons. The van der Waals surface area contributed by atoms with Gasteiger partial charge in [-0.25, -0.2) is 4.98 Å². The van der Waals surface area contributed by atoms with Crippen molar-refractivity contribution in [2.24, 2.45) is 0 Å². The summed E-state index contributed by atoms with van der Waals surface area (Å²) in [5.41, 5.74) is 3.08. The number of ether oxygens (including phenoxy) is 2. The lowest BCUT2D eigenvalue weighted by atomic mass is 10.1. The van der Waals surface area contributed by atoms with Gasteiger partial charge in [0.15, 0.2) is 11.7 Å². The van der Waals surface area contributed by atoms with Crippen LogP contribution in [0.3, 0.4) is 0 Å². The molecule has 1 heterocycles. The average molecular weight is 404 g/mol. The molecule has 0 aliphatic carbocycles. The molecule has 1 amide bonds. The summed E-state index contributed by atoms with van der Waals surface area (Å²) in [6.07, 6.45) is 0. The van der Waals surface area contributed by atoms with Crippen molar-refractivity contribution in [2.75, 3.05) is 11.9 Å². The van der Waals surface area contributed by atoms with Crippen LogP contribution in [0.25, 0.3) is 11.3 Å². The standard InChI is InChI=1S/C20H18F2N2O3S/c1-12-7-8-14(9-13(12)2)26-10-18(25)24-20-23-16(11-28-20)15-5-3-4-6-17(15)27-19(21)22/h3-9,11,19H,10H2,1-2H3,(H,23,24,25). The molecule has 5 nitrogen and oxygen atoms in total. The first kappa shape index (κ1) is 19.8. The van der Waals surface area contributed by atoms with Crippen LogP contribution in [0.4, 0.5) is 13.9 Å². The van der Waals surface area contributed by atoms with Crippen molar-refractivity contribution in [3.8, 4) is 22.8 Å². The zero-order valence-electron chi connectivity index (χ0n) is 15.2. The molecule has 0 aliphatic rings. The molecule has 0 aliphatic heterocycles. The predicted molar refractivity (Wildman–Crippen MR) is 104 cm³/mol. The first-order valence-corrected chi connectivity index (χ1v) is 9.30. The van der Waals surface area contributed by atoms with Gasteiger partial charge in [-0.3, -0.25) is 10.1 Å². The quantitative estimate of drug-likeness (QED) is 0.599. The van der Waals surface area contributed by atoms with E-state index in [1.165, 1.54) is 17.4 Å². The van der Waals surface area contributed by atoms with Crippen molar-refractivity contribution in [2.45, 2.75) is 20.5 Å². The molecule has 1 N–H and O–H groups in total. The third-order valence-electron chi connectivity index (χ3n) is 3.98. The van der Waals surface area contributed by atoms with Crippen LogP contribution in [-0.4, -0.2) is 24.1 Å². The number of amides is 1. The highest BCUT2D eigenvalue weighted by molar-refractivity contribution is 7.14. The summed E-state index contributed by atoms with van der Waals surface area (Å²) in [6, 6.07) is 12.0. The Morgan fingerprint density at radius 3 is 2.71 bits per heavy atom. The van der Waals surface area contributed by atoms with Crippen LogP contribution in [0.2, 0.25) is 0 Å². The van der Waals surface area contributed by atoms with E-state index >= 15 is 0 Å². The molecule has 0 unspecified atom stereocenters. The second-order valence-electron chi connectivity index (χ2n) is 6.00. The molecule has 3 rings (SSSR count). The lowest BCUT2D eigenvalue weighted by Crippen LogP contribution is -2.20. The summed E-state index contributed by atoms with van der Waals surface area (Å²) in [6.45, 7) is 0.870. The van der Waals surface area contributed by atoms with Gasteiger partial charge in [0.25, 0.3) is 5.91 Å². The molecule has 1 aromatic heterocycles. The monoisotopic (exact) mass is 404 g/mol. The summed E-state index contributed by atoms with van der Waals surface area (Å²) in [7, 11) is 0. The van der Waals surface area contributed by atoms with Gasteiger partial charge in [-0.15, -0.1) is 11.3 Å². The second-order valence-corrected chi connectivity index (χ2v) is 6.85. The lowest BCUT2D eigenvalue weighted by Gasteiger charge is -2.08. The van der Waals surface area contributed by atoms with Gasteiger partial charge in [0.05, 0.1) is 5.69 Å². The molecule has 0 spiro atoms. The number of nitrogens with zero attached hydrogens (tertiary/aromatic N) is 1. The number of carbonyl (C=O) groups excluding carboxylic acids is 1. The number of carbonyl (C=O) groups is 1. The van der Waals surface area contributed by atoms with Crippen LogP contribution in [0, 0.1) is 13.8 Å². The molecule has 0 bridgehead atoms. The maximum absolute atomic E-state index is 12.6. The van der Waals surface area contributed by atoms with E-state index in [1.54, 1.807) is 29.6 Å². The van der Waals surface area contributed by atoms with Crippen molar-refractivity contribution in [1.82, 2.24) is 4.98 Å². The van der Waals surface area contributed by atoms with Crippen LogP contribution >= 0.6 is 11.3 Å². The minimum absolute atomic E-state index is 0.0266. The van der Waals surface area contributed by atoms with Crippen molar-refractivity contribution in [3.05, 3.63) is 59.0 Å². The Balaban J connectivity index is 1.63. The smallest absolute Gasteiger partial charge is 0.387 e. The fourth-order valence-electron chi connectivity index (χ4n) is 2.44. The first-order chi connectivity index (χ1) is 13.4. The Kier molecular flexibility index (Phi) is 6.20. The first-order valence-electron chi connectivity index (χ1n) is 8.42. The lowest BCUT2D eigenvalue weighted by molar-refractivity contribution is -0.118. The minimum Gasteiger partial charge on any atom is -0.484 e. The molecular weight excluding hydrogens is 386 g/mol. The molecule has 2 aromatic carbocycles. The largest absolute Gasteiger partial charge is 0.484 e. The van der Waals surface area contributed by atoms with E-state index in [0.717, 1.165) is 11.1 Å². The Labute approximate surface area is 164 Å². The van der Waals surface area contributed by atoms with Crippen molar-refractivity contribution < 1.29 is 23.0 Å². The SMILES string of the molecule is Cc1ccc(OCC(=O)Nc2nc(-c3ccccc3OC(F)F)cs2)cc1C. The van der Waals surface area contributed by atoms with Crippen LogP contribution in [0.1, 0.15) is 11.1 Å². The number of halogens is 2. The van der Waals surface area contributed by atoms with Gasteiger partial charge >= 0.3 is 6.61 Å². The third-order valence-corrected chi connectivity index (χ3v) is 4.74. The maximum Gasteiger partial charge on any atom is 0.387 e. The topological polar surface area (TPSA) is 60.5 Å². The van der Waals surface area contributed by atoms with Gasteiger partial charge in [0.1, 0.15) is 11.5 Å². The van der Waals surface area contributed by atoms with Crippen molar-refractivity contribution >= 4 is 22.4 Å². The number of rotatable bonds is 7. The molecule has 8 heteroatoms. The Morgan fingerprint density at radius 1 is 1.18 bits per heavy atom. The summed E-state index contributed by atoms with van der Waals surface area (Å²) >= 11 is 1.18. The van der Waals surface area contributed by atoms with Crippen LogP contribution in [0.5, 0.6) is 11.5 Å². The number of anilines is 1. The van der Waals surface area contributed by atoms with E-state index in [2.05, 4.69) is 15.0 Å². The van der Waals surface area contributed by atoms with Gasteiger partial charge in [0, 0.05) is 10.9 Å². The summed E-state index contributed by atoms with van der Waals surface area (Å²) < 4.78 is 35.1. The molecule has 0 radical (unpaired) electrons. The van der Waals surface area contributed by atoms with Crippen LogP contribution < -0.4 is 14.8 Å². The van der Waals surface area contributed by atoms with Gasteiger partial charge in [-0.05, 0) is 49.2 Å². The number of hydrogen-bond donors (Lipinski definition) is 1. The van der Waals surface area contributed by atoms with Gasteiger partial charge < -0.3 is 9.47 Å². The predicted octanol–water partition coefficient (Wildman–Crippen LogP) is 5.05. The summed E-state index contributed by atoms with van der Waals surface area (Å²) in [4.78, 5) is 16.4. The number of alkyl halides is 2. The van der Waals surface area contributed by atoms with E-state index in [-0.39, 0.29) is 18.3 Å². The molecule has 0 atom stereocenters. The molecule has 0 saturated carbocycles. The number of aryl methyl sites for hydroxylation is 2. The van der Waals surface area contributed by atoms with E-state index in [1.807, 2.05) is 26.0 Å². The van der Waals surface area contributed by atoms with Crippen molar-refractivity contribution in [1.29, 1.82) is 0 Å². The zero-order chi connectivity index (χ0) is 20.1. The number of nitrogens with one attached hydrogen (secondary N) is 1. The zero-order valence-corrected chi connectivity index (χ0v) is 16.1. The molecular formula is C20H18F2N2O3S. The normalized spacial score (nSPS) is 10.8. The highest BCUT2D eigenvalue weighted by Crippen LogP contribution is 2.33. The summed E-state index contributed by atoms with van der Waals surface area (Å²) in [5.74, 6) is 0.270. The Morgan fingerprint density at radius 2 is 1.96 bits per heavy atom. The fraction of sp³-hybridized carbons (Fsp3) is 0.200. The van der Waals surface area contributed by atoms with Crippen LogP contribution in [-0.2, 0) is 4.79 Å². The number of hydrogen-bond acceptors (Lipinski definition) is 5. The van der Waals surface area contributed by atoms with Gasteiger partial charge in [-0.2, -0.15) is 8.78 Å². The van der Waals surface area contributed by atoms with E-state index in [4.69, 9.17) is 4.74 Å². The minimum atomic E-state index is -2.93. The second kappa shape index (κ2) is 8.79. The molecule has 0 saturated heterocycles. The number of thiazole rings is 1. The molecule has 0 fully saturated rings. The van der Waals surface area contributed by atoms with Gasteiger partial charge in [-0.1, -0.05) is 18.2 Å². The Hall–Kier alpha value is -3.00. The highest BCUT2D eigenvalue weighted by Gasteiger charge is 2.14. The van der Waals surface area contributed by atoms with Crippen molar-refractivity contribution in [3.63, 3.8) is 0 Å². The molecule has 3 aromatic rings. The number of para-hydroxylation sites is 1. The summed E-state index contributed by atoms with van der Waals surface area (Å²) in [5, 5.41) is 4.65. The average Bonchev–Trinajstić information content (AvgIpc) is 3.11. The van der Waals surface area contributed by atoms with E-state index in [9.17, 15) is 13.6 Å². The highest BCUT2D eigenvalue weighted by atomic mass is 32.1. The van der Waals surface area contributed by atoms with E-state index < -0.39 is 6.61 Å². The van der Waals surface area contributed by atoms with Crippen LogP contribution in [0.15, 0.2) is 47.8 Å². The number of aromatic nitrogens is 1. The fourth-order valence-corrected chi connectivity index (χ4v) is 3.17. The number of benzene rings is 2. The third kappa shape index (κ3) is 5.04. The van der Waals surface area contributed by atoms with Gasteiger partial charge in [0.2, 0.25) is 0 Å². The Bertz CT molecular complexity index is 976. The maximum atomic E-state index is 12.6.